The molecule has 21 heavy (non-hydrogen) atoms. The van der Waals surface area contributed by atoms with Crippen molar-refractivity contribution in [3.8, 4) is 5.75 Å². The molecule has 0 aliphatic carbocycles. The number of para-hydroxylation sites is 1. The summed E-state index contributed by atoms with van der Waals surface area (Å²) in [6, 6.07) is 6.98. The van der Waals surface area contributed by atoms with Crippen LogP contribution in [0.15, 0.2) is 24.3 Å². The molecule has 7 heteroatoms. The summed E-state index contributed by atoms with van der Waals surface area (Å²) in [7, 11) is 0. The highest BCUT2D eigenvalue weighted by Gasteiger charge is 2.15. The van der Waals surface area contributed by atoms with Gasteiger partial charge in [0.15, 0.2) is 12.4 Å². The molecule has 0 aliphatic heterocycles. The number of carbonyl (C=O) groups excluding carboxylic acids is 1. The van der Waals surface area contributed by atoms with E-state index < -0.39 is 5.97 Å². The lowest BCUT2D eigenvalue weighted by molar-refractivity contribution is 0.0452. The minimum Gasteiger partial charge on any atom is -0.493 e. The molecule has 112 valence electrons. The third kappa shape index (κ3) is 3.77. The number of carbonyl (C=O) groups is 1. The summed E-state index contributed by atoms with van der Waals surface area (Å²) in [6.07, 6.45) is 0.902. The number of ether oxygens (including phenoxy) is 2. The van der Waals surface area contributed by atoms with Crippen LogP contribution in [-0.2, 0) is 17.9 Å². The predicted octanol–water partition coefficient (Wildman–Crippen LogP) is 1.84. The first-order valence-corrected chi connectivity index (χ1v) is 6.90. The Morgan fingerprint density at radius 2 is 2.10 bits per heavy atom. The van der Waals surface area contributed by atoms with Crippen LogP contribution in [-0.4, -0.2) is 32.8 Å². The first-order chi connectivity index (χ1) is 10.3. The number of aryl methyl sites for hydroxylation is 1. The normalized spacial score (nSPS) is 10.4. The molecule has 1 aromatic heterocycles. The van der Waals surface area contributed by atoms with Gasteiger partial charge in [0.25, 0.3) is 0 Å². The monoisotopic (exact) mass is 290 g/mol. The molecule has 0 atom stereocenters. The van der Waals surface area contributed by atoms with E-state index in [1.165, 1.54) is 0 Å². The summed E-state index contributed by atoms with van der Waals surface area (Å²) in [5, 5.41) is 11.3. The van der Waals surface area contributed by atoms with Crippen molar-refractivity contribution in [3.63, 3.8) is 0 Å². The number of aromatic nitrogens is 4. The van der Waals surface area contributed by atoms with Crippen molar-refractivity contribution in [1.29, 1.82) is 0 Å². The number of benzene rings is 1. The van der Waals surface area contributed by atoms with Crippen LogP contribution < -0.4 is 4.74 Å². The molecular weight excluding hydrogens is 272 g/mol. The number of esters is 1. The van der Waals surface area contributed by atoms with Crippen LogP contribution in [0.1, 0.15) is 36.5 Å². The van der Waals surface area contributed by atoms with E-state index in [2.05, 4.69) is 15.5 Å². The summed E-state index contributed by atoms with van der Waals surface area (Å²) in [6.45, 7) is 5.09. The highest BCUT2D eigenvalue weighted by molar-refractivity contribution is 5.92. The predicted molar refractivity (Wildman–Crippen MR) is 74.8 cm³/mol. The largest absolute Gasteiger partial charge is 0.493 e. The topological polar surface area (TPSA) is 79.1 Å². The summed E-state index contributed by atoms with van der Waals surface area (Å²) >= 11 is 0. The smallest absolute Gasteiger partial charge is 0.342 e. The molecule has 0 N–H and O–H groups in total. The van der Waals surface area contributed by atoms with Crippen molar-refractivity contribution in [2.24, 2.45) is 0 Å². The average molecular weight is 290 g/mol. The minimum absolute atomic E-state index is 0.0340. The fourth-order valence-electron chi connectivity index (χ4n) is 1.84. The van der Waals surface area contributed by atoms with Gasteiger partial charge in [-0.05, 0) is 35.9 Å². The first-order valence-electron chi connectivity index (χ1n) is 6.90. The van der Waals surface area contributed by atoms with E-state index in [9.17, 15) is 4.79 Å². The van der Waals surface area contributed by atoms with Gasteiger partial charge in [-0.25, -0.2) is 9.48 Å². The van der Waals surface area contributed by atoms with Crippen molar-refractivity contribution in [2.45, 2.75) is 33.4 Å². The van der Waals surface area contributed by atoms with E-state index in [1.54, 1.807) is 22.9 Å². The first kappa shape index (κ1) is 15.0. The van der Waals surface area contributed by atoms with Crippen LogP contribution in [0.25, 0.3) is 0 Å². The molecule has 7 nitrogen and oxygen atoms in total. The van der Waals surface area contributed by atoms with Crippen LogP contribution >= 0.6 is 0 Å². The number of nitrogens with zero attached hydrogens (tertiary/aromatic N) is 4. The standard InChI is InChI=1S/C14H18N4O3/c1-3-9-18-13(15-16-17-18)10-21-14(19)11-7-5-6-8-12(11)20-4-2/h5-8H,3-4,9-10H2,1-2H3. The molecule has 2 aromatic rings. The summed E-state index contributed by atoms with van der Waals surface area (Å²) in [5.74, 6) is 0.585. The molecule has 0 bridgehead atoms. The van der Waals surface area contributed by atoms with Gasteiger partial charge in [-0.15, -0.1) is 5.10 Å². The van der Waals surface area contributed by atoms with Gasteiger partial charge >= 0.3 is 5.97 Å². The molecule has 0 radical (unpaired) electrons. The lowest BCUT2D eigenvalue weighted by atomic mass is 10.2. The molecule has 2 rings (SSSR count). The highest BCUT2D eigenvalue weighted by atomic mass is 16.5. The maximum atomic E-state index is 12.1. The van der Waals surface area contributed by atoms with Gasteiger partial charge in [-0.1, -0.05) is 19.1 Å². The van der Waals surface area contributed by atoms with Gasteiger partial charge in [-0.3, -0.25) is 0 Å². The van der Waals surface area contributed by atoms with E-state index >= 15 is 0 Å². The third-order valence-corrected chi connectivity index (χ3v) is 2.78. The van der Waals surface area contributed by atoms with Crippen LogP contribution in [0.2, 0.25) is 0 Å². The van der Waals surface area contributed by atoms with Gasteiger partial charge in [0.2, 0.25) is 0 Å². The quantitative estimate of drug-likeness (QED) is 0.724. The van der Waals surface area contributed by atoms with E-state index in [1.807, 2.05) is 19.9 Å². The van der Waals surface area contributed by atoms with Gasteiger partial charge in [0.05, 0.1) is 6.61 Å². The van der Waals surface area contributed by atoms with Crippen molar-refractivity contribution in [1.82, 2.24) is 20.2 Å². The minimum atomic E-state index is -0.454. The van der Waals surface area contributed by atoms with Crippen LogP contribution in [0.5, 0.6) is 5.75 Å². The Bertz CT molecular complexity index is 597. The zero-order valence-electron chi connectivity index (χ0n) is 12.2. The zero-order chi connectivity index (χ0) is 15.1. The SMILES string of the molecule is CCCn1nnnc1COC(=O)c1ccccc1OCC. The van der Waals surface area contributed by atoms with Gasteiger partial charge in [0.1, 0.15) is 11.3 Å². The second kappa shape index (κ2) is 7.37. The average Bonchev–Trinajstić information content (AvgIpc) is 2.93. The molecule has 1 heterocycles. The Hall–Kier alpha value is -2.44. The Kier molecular flexibility index (Phi) is 5.25. The summed E-state index contributed by atoms with van der Waals surface area (Å²) < 4.78 is 12.3. The van der Waals surface area contributed by atoms with Gasteiger partial charge in [0, 0.05) is 6.54 Å². The van der Waals surface area contributed by atoms with Crippen molar-refractivity contribution in [2.75, 3.05) is 6.61 Å². The van der Waals surface area contributed by atoms with Crippen molar-refractivity contribution in [3.05, 3.63) is 35.7 Å². The molecule has 1 aromatic carbocycles. The Balaban J connectivity index is 2.03. The second-order valence-electron chi connectivity index (χ2n) is 4.32. The van der Waals surface area contributed by atoms with Crippen molar-refractivity contribution >= 4 is 5.97 Å². The Morgan fingerprint density at radius 3 is 2.86 bits per heavy atom. The Morgan fingerprint density at radius 1 is 1.29 bits per heavy atom. The van der Waals surface area contributed by atoms with Crippen molar-refractivity contribution < 1.29 is 14.3 Å². The van der Waals surface area contributed by atoms with E-state index in [4.69, 9.17) is 9.47 Å². The Labute approximate surface area is 122 Å². The molecule has 0 spiro atoms. The zero-order valence-corrected chi connectivity index (χ0v) is 12.2. The second-order valence-corrected chi connectivity index (χ2v) is 4.32. The lowest BCUT2D eigenvalue weighted by Crippen LogP contribution is -2.12. The van der Waals surface area contributed by atoms with E-state index in [0.29, 0.717) is 30.3 Å². The molecular formula is C14H18N4O3. The maximum absolute atomic E-state index is 12.1. The van der Waals surface area contributed by atoms with Gasteiger partial charge < -0.3 is 9.47 Å². The fraction of sp³-hybridized carbons (Fsp3) is 0.429. The number of rotatable bonds is 7. The maximum Gasteiger partial charge on any atom is 0.342 e. The molecule has 0 unspecified atom stereocenters. The molecule has 0 saturated carbocycles. The third-order valence-electron chi connectivity index (χ3n) is 2.78. The lowest BCUT2D eigenvalue weighted by Gasteiger charge is -2.09. The van der Waals surface area contributed by atoms with Crippen LogP contribution in [0, 0.1) is 0 Å². The molecule has 0 saturated heterocycles. The highest BCUT2D eigenvalue weighted by Crippen LogP contribution is 2.19. The number of hydrogen-bond acceptors (Lipinski definition) is 6. The van der Waals surface area contributed by atoms with Crippen LogP contribution in [0.3, 0.4) is 0 Å². The molecule has 0 aliphatic rings. The number of hydrogen-bond donors (Lipinski definition) is 0. The fourth-order valence-corrected chi connectivity index (χ4v) is 1.84. The molecule has 0 amide bonds. The molecule has 0 fully saturated rings. The van der Waals surface area contributed by atoms with E-state index in [-0.39, 0.29) is 6.61 Å². The van der Waals surface area contributed by atoms with E-state index in [0.717, 1.165) is 6.42 Å². The summed E-state index contributed by atoms with van der Waals surface area (Å²) in [4.78, 5) is 12.1. The summed E-state index contributed by atoms with van der Waals surface area (Å²) in [5.41, 5.74) is 0.397. The number of tetrazole rings is 1. The van der Waals surface area contributed by atoms with Crippen LogP contribution in [0.4, 0.5) is 0 Å². The van der Waals surface area contributed by atoms with Gasteiger partial charge in [-0.2, -0.15) is 0 Å².